The fraction of sp³-hybridized carbons (Fsp3) is 0.182. The van der Waals surface area contributed by atoms with E-state index in [0.29, 0.717) is 12.1 Å². The number of hydrogen-bond acceptors (Lipinski definition) is 3. The Kier molecular flexibility index (Phi) is 5.64. The van der Waals surface area contributed by atoms with Crippen LogP contribution in [0.25, 0.3) is 0 Å². The van der Waals surface area contributed by atoms with Gasteiger partial charge in [0.2, 0.25) is 5.91 Å². The number of anilines is 3. The zero-order chi connectivity index (χ0) is 18.4. The molecule has 1 heterocycles. The molecule has 0 saturated heterocycles. The number of hydrogen-bond donors (Lipinski definition) is 1. The Balaban J connectivity index is 1.67. The Morgan fingerprint density at radius 3 is 2.38 bits per heavy atom. The lowest BCUT2D eigenvalue weighted by Gasteiger charge is -2.22. The van der Waals surface area contributed by atoms with Crippen LogP contribution in [0.15, 0.2) is 72.9 Å². The van der Waals surface area contributed by atoms with E-state index in [-0.39, 0.29) is 5.91 Å². The molecule has 26 heavy (non-hydrogen) atoms. The molecular formula is C22H23N3O. The first-order valence-electron chi connectivity index (χ1n) is 8.80. The molecule has 0 spiro atoms. The Morgan fingerprint density at radius 2 is 1.73 bits per heavy atom. The molecule has 3 rings (SSSR count). The summed E-state index contributed by atoms with van der Waals surface area (Å²) in [5, 5.41) is 2.92. The predicted octanol–water partition coefficient (Wildman–Crippen LogP) is 4.73. The van der Waals surface area contributed by atoms with Crippen molar-refractivity contribution >= 4 is 23.1 Å². The molecular weight excluding hydrogens is 322 g/mol. The van der Waals surface area contributed by atoms with Crippen LogP contribution in [0.2, 0.25) is 0 Å². The molecule has 132 valence electrons. The van der Waals surface area contributed by atoms with Gasteiger partial charge in [0, 0.05) is 12.2 Å². The summed E-state index contributed by atoms with van der Waals surface area (Å²) in [4.78, 5) is 18.9. The smallest absolute Gasteiger partial charge is 0.228 e. The standard InChI is InChI=1S/C22H23N3O/c1-3-25(20-11-5-4-6-12-20)21-14-13-19(16-23-21)24-22(26)15-18-10-8-7-9-17(18)2/h4-14,16H,3,15H2,1-2H3,(H,24,26). The average Bonchev–Trinajstić information content (AvgIpc) is 2.66. The van der Waals surface area contributed by atoms with Crippen molar-refractivity contribution in [2.75, 3.05) is 16.8 Å². The number of nitrogens with zero attached hydrogens (tertiary/aromatic N) is 2. The normalized spacial score (nSPS) is 10.4. The monoisotopic (exact) mass is 345 g/mol. The summed E-state index contributed by atoms with van der Waals surface area (Å²) in [7, 11) is 0. The number of carbonyl (C=O) groups excluding carboxylic acids is 1. The lowest BCUT2D eigenvalue weighted by atomic mass is 10.1. The van der Waals surface area contributed by atoms with Gasteiger partial charge in [0.1, 0.15) is 5.82 Å². The van der Waals surface area contributed by atoms with Gasteiger partial charge in [0.25, 0.3) is 0 Å². The van der Waals surface area contributed by atoms with E-state index in [1.807, 2.05) is 61.5 Å². The van der Waals surface area contributed by atoms with E-state index < -0.39 is 0 Å². The van der Waals surface area contributed by atoms with Gasteiger partial charge in [-0.1, -0.05) is 42.5 Å². The van der Waals surface area contributed by atoms with Crippen LogP contribution in [0.1, 0.15) is 18.1 Å². The van der Waals surface area contributed by atoms with Crippen LogP contribution in [0, 0.1) is 6.92 Å². The molecule has 1 amide bonds. The van der Waals surface area contributed by atoms with Crippen molar-refractivity contribution < 1.29 is 4.79 Å². The molecule has 0 radical (unpaired) electrons. The second-order valence-electron chi connectivity index (χ2n) is 6.14. The molecule has 0 saturated carbocycles. The first-order valence-corrected chi connectivity index (χ1v) is 8.80. The van der Waals surface area contributed by atoms with E-state index in [9.17, 15) is 4.79 Å². The lowest BCUT2D eigenvalue weighted by Crippen LogP contribution is -2.18. The number of rotatable bonds is 6. The molecule has 0 aliphatic heterocycles. The molecule has 0 fully saturated rings. The third-order valence-electron chi connectivity index (χ3n) is 4.30. The highest BCUT2D eigenvalue weighted by Crippen LogP contribution is 2.23. The van der Waals surface area contributed by atoms with Gasteiger partial charge in [-0.15, -0.1) is 0 Å². The van der Waals surface area contributed by atoms with Crippen LogP contribution in [0.4, 0.5) is 17.2 Å². The van der Waals surface area contributed by atoms with Gasteiger partial charge in [-0.05, 0) is 49.2 Å². The summed E-state index contributed by atoms with van der Waals surface area (Å²) in [5.74, 6) is 0.819. The topological polar surface area (TPSA) is 45.2 Å². The molecule has 1 aromatic heterocycles. The van der Waals surface area contributed by atoms with E-state index in [1.54, 1.807) is 6.20 Å². The van der Waals surface area contributed by atoms with Crippen molar-refractivity contribution in [2.24, 2.45) is 0 Å². The molecule has 4 nitrogen and oxygen atoms in total. The van der Waals surface area contributed by atoms with Gasteiger partial charge in [-0.25, -0.2) is 4.98 Å². The average molecular weight is 345 g/mol. The van der Waals surface area contributed by atoms with Crippen molar-refractivity contribution in [3.05, 3.63) is 84.1 Å². The third-order valence-corrected chi connectivity index (χ3v) is 4.30. The van der Waals surface area contributed by atoms with Gasteiger partial charge < -0.3 is 10.2 Å². The second kappa shape index (κ2) is 8.30. The van der Waals surface area contributed by atoms with E-state index in [0.717, 1.165) is 29.2 Å². The Hall–Kier alpha value is -3.14. The van der Waals surface area contributed by atoms with Gasteiger partial charge in [-0.2, -0.15) is 0 Å². The van der Waals surface area contributed by atoms with Crippen molar-refractivity contribution in [1.29, 1.82) is 0 Å². The van der Waals surface area contributed by atoms with Gasteiger partial charge in [0.15, 0.2) is 0 Å². The van der Waals surface area contributed by atoms with E-state index in [2.05, 4.69) is 34.3 Å². The summed E-state index contributed by atoms with van der Waals surface area (Å²) < 4.78 is 0. The van der Waals surface area contributed by atoms with Gasteiger partial charge in [0.05, 0.1) is 18.3 Å². The zero-order valence-electron chi connectivity index (χ0n) is 15.1. The number of aromatic nitrogens is 1. The minimum atomic E-state index is -0.0377. The van der Waals surface area contributed by atoms with Crippen molar-refractivity contribution in [3.63, 3.8) is 0 Å². The summed E-state index contributed by atoms with van der Waals surface area (Å²) in [5.41, 5.74) is 3.96. The number of pyridine rings is 1. The van der Waals surface area contributed by atoms with E-state index in [4.69, 9.17) is 0 Å². The highest BCUT2D eigenvalue weighted by atomic mass is 16.1. The number of aryl methyl sites for hydroxylation is 1. The minimum Gasteiger partial charge on any atom is -0.327 e. The molecule has 3 aromatic rings. The second-order valence-corrected chi connectivity index (χ2v) is 6.14. The largest absolute Gasteiger partial charge is 0.327 e. The Labute approximate surface area is 154 Å². The Morgan fingerprint density at radius 1 is 1.00 bits per heavy atom. The molecule has 0 atom stereocenters. The highest BCUT2D eigenvalue weighted by molar-refractivity contribution is 5.92. The summed E-state index contributed by atoms with van der Waals surface area (Å²) in [6, 6.07) is 21.9. The molecule has 1 N–H and O–H groups in total. The summed E-state index contributed by atoms with van der Waals surface area (Å²) in [6.45, 7) is 4.92. The van der Waals surface area contributed by atoms with E-state index in [1.165, 1.54) is 0 Å². The molecule has 0 aliphatic carbocycles. The number of benzene rings is 2. The highest BCUT2D eigenvalue weighted by Gasteiger charge is 2.10. The SMILES string of the molecule is CCN(c1ccccc1)c1ccc(NC(=O)Cc2ccccc2C)cn1. The van der Waals surface area contributed by atoms with Crippen LogP contribution in [-0.2, 0) is 11.2 Å². The van der Waals surface area contributed by atoms with Crippen LogP contribution in [-0.4, -0.2) is 17.4 Å². The fourth-order valence-corrected chi connectivity index (χ4v) is 2.89. The van der Waals surface area contributed by atoms with Crippen LogP contribution in [0.5, 0.6) is 0 Å². The molecule has 2 aromatic carbocycles. The lowest BCUT2D eigenvalue weighted by molar-refractivity contribution is -0.115. The quantitative estimate of drug-likeness (QED) is 0.702. The first kappa shape index (κ1) is 17.7. The van der Waals surface area contributed by atoms with Crippen LogP contribution in [0.3, 0.4) is 0 Å². The zero-order valence-corrected chi connectivity index (χ0v) is 15.1. The molecule has 0 aliphatic rings. The third kappa shape index (κ3) is 4.28. The van der Waals surface area contributed by atoms with Gasteiger partial charge >= 0.3 is 0 Å². The predicted molar refractivity (Wildman–Crippen MR) is 107 cm³/mol. The van der Waals surface area contributed by atoms with Crippen molar-refractivity contribution in [3.8, 4) is 0 Å². The number of para-hydroxylation sites is 1. The maximum atomic E-state index is 12.3. The number of carbonyl (C=O) groups is 1. The van der Waals surface area contributed by atoms with Gasteiger partial charge in [-0.3, -0.25) is 4.79 Å². The van der Waals surface area contributed by atoms with Crippen molar-refractivity contribution in [2.45, 2.75) is 20.3 Å². The number of nitrogens with one attached hydrogen (secondary N) is 1. The molecule has 0 unspecified atom stereocenters. The Bertz CT molecular complexity index is 860. The maximum Gasteiger partial charge on any atom is 0.228 e. The van der Waals surface area contributed by atoms with Crippen molar-refractivity contribution in [1.82, 2.24) is 4.98 Å². The van der Waals surface area contributed by atoms with Crippen LogP contribution >= 0.6 is 0 Å². The van der Waals surface area contributed by atoms with Crippen LogP contribution < -0.4 is 10.2 Å². The molecule has 0 bridgehead atoms. The minimum absolute atomic E-state index is 0.0377. The summed E-state index contributed by atoms with van der Waals surface area (Å²) in [6.07, 6.45) is 2.07. The fourth-order valence-electron chi connectivity index (χ4n) is 2.89. The maximum absolute atomic E-state index is 12.3. The summed E-state index contributed by atoms with van der Waals surface area (Å²) >= 11 is 0. The number of amides is 1. The van der Waals surface area contributed by atoms with E-state index >= 15 is 0 Å². The molecule has 4 heteroatoms. The first-order chi connectivity index (χ1) is 12.7.